The van der Waals surface area contributed by atoms with Gasteiger partial charge >= 0.3 is 5.97 Å². The molecule has 1 aromatic rings. The Labute approximate surface area is 111 Å². The fraction of sp³-hybridized carbons (Fsp3) is 0.615. The Hall–Kier alpha value is -1.85. The number of H-pyrrole nitrogens is 1. The largest absolute Gasteiger partial charge is 0.477 e. The number of carbonyl (C=O) groups excluding carboxylic acids is 1. The number of carboxylic acids is 1. The van der Waals surface area contributed by atoms with Crippen LogP contribution in [0.2, 0.25) is 0 Å². The molecule has 104 valence electrons. The zero-order chi connectivity index (χ0) is 13.8. The number of amides is 1. The molecular weight excluding hydrogens is 246 g/mol. The first-order valence-corrected chi connectivity index (χ1v) is 6.72. The van der Waals surface area contributed by atoms with E-state index in [1.54, 1.807) is 4.90 Å². The monoisotopic (exact) mass is 265 g/mol. The van der Waals surface area contributed by atoms with Crippen LogP contribution >= 0.6 is 0 Å². The number of nitrogens with zero attached hydrogens (tertiary/aromatic N) is 2. The molecule has 6 heteroatoms. The van der Waals surface area contributed by atoms with Gasteiger partial charge in [0.25, 0.3) is 5.91 Å². The van der Waals surface area contributed by atoms with Gasteiger partial charge in [0.1, 0.15) is 0 Å². The molecule has 1 saturated heterocycles. The van der Waals surface area contributed by atoms with Crippen molar-refractivity contribution in [1.29, 1.82) is 0 Å². The first-order chi connectivity index (χ1) is 9.15. The van der Waals surface area contributed by atoms with Gasteiger partial charge < -0.3 is 15.0 Å². The zero-order valence-corrected chi connectivity index (χ0v) is 11.1. The first kappa shape index (κ1) is 13.6. The van der Waals surface area contributed by atoms with Gasteiger partial charge in [0, 0.05) is 12.6 Å². The van der Waals surface area contributed by atoms with E-state index in [0.717, 1.165) is 32.1 Å². The van der Waals surface area contributed by atoms with Gasteiger partial charge in [0.15, 0.2) is 11.4 Å². The third kappa shape index (κ3) is 2.77. The Kier molecular flexibility index (Phi) is 4.19. The molecule has 2 rings (SSSR count). The number of hydrogen-bond donors (Lipinski definition) is 2. The van der Waals surface area contributed by atoms with Crippen molar-refractivity contribution in [1.82, 2.24) is 14.9 Å². The summed E-state index contributed by atoms with van der Waals surface area (Å²) >= 11 is 0. The SMILES string of the molecule is CCC1CCCCCN1C(=O)c1nc[nH]c1C(=O)O. The van der Waals surface area contributed by atoms with Crippen molar-refractivity contribution in [2.75, 3.05) is 6.54 Å². The summed E-state index contributed by atoms with van der Waals surface area (Å²) < 4.78 is 0. The first-order valence-electron chi connectivity index (χ1n) is 6.72. The van der Waals surface area contributed by atoms with Crippen LogP contribution in [0, 0.1) is 0 Å². The van der Waals surface area contributed by atoms with E-state index >= 15 is 0 Å². The highest BCUT2D eigenvalue weighted by atomic mass is 16.4. The summed E-state index contributed by atoms with van der Waals surface area (Å²) in [5, 5.41) is 9.04. The quantitative estimate of drug-likeness (QED) is 0.874. The minimum atomic E-state index is -1.15. The van der Waals surface area contributed by atoms with E-state index in [0.29, 0.717) is 6.54 Å². The molecular formula is C13H19N3O3. The Morgan fingerprint density at radius 3 is 2.95 bits per heavy atom. The fourth-order valence-corrected chi connectivity index (χ4v) is 2.62. The number of rotatable bonds is 3. The molecule has 2 heterocycles. The number of aromatic carboxylic acids is 1. The van der Waals surface area contributed by atoms with Crippen LogP contribution in [-0.4, -0.2) is 44.4 Å². The summed E-state index contributed by atoms with van der Waals surface area (Å²) in [5.41, 5.74) is -0.100. The number of likely N-dealkylation sites (tertiary alicyclic amines) is 1. The van der Waals surface area contributed by atoms with E-state index in [-0.39, 0.29) is 23.3 Å². The highest BCUT2D eigenvalue weighted by Crippen LogP contribution is 2.21. The van der Waals surface area contributed by atoms with Gasteiger partial charge in [-0.3, -0.25) is 4.79 Å². The second kappa shape index (κ2) is 5.86. The fourth-order valence-electron chi connectivity index (χ4n) is 2.62. The molecule has 0 bridgehead atoms. The molecule has 0 radical (unpaired) electrons. The molecule has 1 unspecified atom stereocenters. The van der Waals surface area contributed by atoms with Gasteiger partial charge in [0.05, 0.1) is 6.33 Å². The predicted molar refractivity (Wildman–Crippen MR) is 69.1 cm³/mol. The molecule has 0 aromatic carbocycles. The number of imidazole rings is 1. The molecule has 1 amide bonds. The van der Waals surface area contributed by atoms with Crippen LogP contribution in [0.4, 0.5) is 0 Å². The average Bonchev–Trinajstić information content (AvgIpc) is 2.76. The highest BCUT2D eigenvalue weighted by molar-refractivity contribution is 6.02. The lowest BCUT2D eigenvalue weighted by molar-refractivity contribution is 0.0637. The summed E-state index contributed by atoms with van der Waals surface area (Å²) in [7, 11) is 0. The van der Waals surface area contributed by atoms with E-state index in [2.05, 4.69) is 16.9 Å². The van der Waals surface area contributed by atoms with Gasteiger partial charge in [-0.1, -0.05) is 19.8 Å². The Morgan fingerprint density at radius 2 is 2.26 bits per heavy atom. The van der Waals surface area contributed by atoms with E-state index in [9.17, 15) is 9.59 Å². The van der Waals surface area contributed by atoms with Gasteiger partial charge in [-0.2, -0.15) is 0 Å². The molecule has 1 aromatic heterocycles. The van der Waals surface area contributed by atoms with Crippen molar-refractivity contribution < 1.29 is 14.7 Å². The summed E-state index contributed by atoms with van der Waals surface area (Å²) in [6.07, 6.45) is 6.33. The summed E-state index contributed by atoms with van der Waals surface area (Å²) in [5.74, 6) is -1.42. The van der Waals surface area contributed by atoms with E-state index in [1.807, 2.05) is 0 Å². The highest BCUT2D eigenvalue weighted by Gasteiger charge is 2.29. The van der Waals surface area contributed by atoms with Crippen molar-refractivity contribution in [2.24, 2.45) is 0 Å². The number of nitrogens with one attached hydrogen (secondary N) is 1. The lowest BCUT2D eigenvalue weighted by Gasteiger charge is -2.28. The van der Waals surface area contributed by atoms with Crippen molar-refractivity contribution >= 4 is 11.9 Å². The molecule has 6 nitrogen and oxygen atoms in total. The summed E-state index contributed by atoms with van der Waals surface area (Å²) in [4.78, 5) is 31.7. The van der Waals surface area contributed by atoms with E-state index < -0.39 is 5.97 Å². The van der Waals surface area contributed by atoms with Gasteiger partial charge in [-0.25, -0.2) is 9.78 Å². The van der Waals surface area contributed by atoms with Crippen LogP contribution in [0.15, 0.2) is 6.33 Å². The second-order valence-corrected chi connectivity index (χ2v) is 4.84. The predicted octanol–water partition coefficient (Wildman–Crippen LogP) is 1.90. The van der Waals surface area contributed by atoms with Crippen LogP contribution in [0.3, 0.4) is 0 Å². The maximum atomic E-state index is 12.5. The molecule has 19 heavy (non-hydrogen) atoms. The third-order valence-corrected chi connectivity index (χ3v) is 3.67. The molecule has 1 atom stereocenters. The van der Waals surface area contributed by atoms with E-state index in [1.165, 1.54) is 6.33 Å². The van der Waals surface area contributed by atoms with Crippen molar-refractivity contribution in [3.8, 4) is 0 Å². The Bertz CT molecular complexity index is 469. The van der Waals surface area contributed by atoms with Crippen LogP contribution in [0.5, 0.6) is 0 Å². The molecule has 1 fully saturated rings. The lowest BCUT2D eigenvalue weighted by atomic mass is 10.1. The van der Waals surface area contributed by atoms with Crippen LogP contribution in [0.25, 0.3) is 0 Å². The number of aromatic amines is 1. The lowest BCUT2D eigenvalue weighted by Crippen LogP contribution is -2.40. The Balaban J connectivity index is 2.25. The van der Waals surface area contributed by atoms with E-state index in [4.69, 9.17) is 5.11 Å². The maximum Gasteiger partial charge on any atom is 0.354 e. The third-order valence-electron chi connectivity index (χ3n) is 3.67. The topological polar surface area (TPSA) is 86.3 Å². The van der Waals surface area contributed by atoms with Crippen molar-refractivity contribution in [2.45, 2.75) is 45.1 Å². The molecule has 0 saturated carbocycles. The Morgan fingerprint density at radius 1 is 1.47 bits per heavy atom. The molecule has 2 N–H and O–H groups in total. The summed E-state index contributed by atoms with van der Waals surface area (Å²) in [6.45, 7) is 2.74. The second-order valence-electron chi connectivity index (χ2n) is 4.84. The molecule has 1 aliphatic rings. The van der Waals surface area contributed by atoms with Crippen molar-refractivity contribution in [3.63, 3.8) is 0 Å². The number of hydrogen-bond acceptors (Lipinski definition) is 3. The minimum Gasteiger partial charge on any atom is -0.477 e. The van der Waals surface area contributed by atoms with Gasteiger partial charge in [0.2, 0.25) is 0 Å². The average molecular weight is 265 g/mol. The summed E-state index contributed by atoms with van der Waals surface area (Å²) in [6, 6.07) is 0.188. The van der Waals surface area contributed by atoms with Crippen molar-refractivity contribution in [3.05, 3.63) is 17.7 Å². The molecule has 1 aliphatic heterocycles. The van der Waals surface area contributed by atoms with Crippen LogP contribution < -0.4 is 0 Å². The normalized spacial score (nSPS) is 20.1. The maximum absolute atomic E-state index is 12.5. The number of carbonyl (C=O) groups is 2. The van der Waals surface area contributed by atoms with Crippen LogP contribution in [0.1, 0.15) is 60.0 Å². The zero-order valence-electron chi connectivity index (χ0n) is 11.1. The van der Waals surface area contributed by atoms with Gasteiger partial charge in [-0.05, 0) is 19.3 Å². The number of aromatic nitrogens is 2. The molecule has 0 aliphatic carbocycles. The standard InChI is InChI=1S/C13H19N3O3/c1-2-9-6-4-3-5-7-16(9)12(17)10-11(13(18)19)15-8-14-10/h8-9H,2-7H2,1H3,(H,14,15)(H,18,19). The molecule has 0 spiro atoms. The van der Waals surface area contributed by atoms with Gasteiger partial charge in [-0.15, -0.1) is 0 Å². The minimum absolute atomic E-state index is 0.0212. The smallest absolute Gasteiger partial charge is 0.354 e. The van der Waals surface area contributed by atoms with Crippen LogP contribution in [-0.2, 0) is 0 Å². The number of carboxylic acid groups (broad SMARTS) is 1.